The molecule has 1 saturated heterocycles. The summed E-state index contributed by atoms with van der Waals surface area (Å²) in [5.74, 6) is -0.0168. The third-order valence-electron chi connectivity index (χ3n) is 4.64. The lowest BCUT2D eigenvalue weighted by molar-refractivity contribution is -0.154. The Hall–Kier alpha value is -1.37. The molecule has 1 aliphatic heterocycles. The van der Waals surface area contributed by atoms with Crippen LogP contribution in [0.3, 0.4) is 0 Å². The number of halogens is 1. The summed E-state index contributed by atoms with van der Waals surface area (Å²) in [4.78, 5) is 26.6. The van der Waals surface area contributed by atoms with Gasteiger partial charge in [0.1, 0.15) is 5.54 Å². The van der Waals surface area contributed by atoms with Crippen molar-refractivity contribution >= 4 is 27.7 Å². The number of rotatable bonds is 2. The third-order valence-corrected chi connectivity index (χ3v) is 5.67. The van der Waals surface area contributed by atoms with Crippen molar-refractivity contribution in [2.24, 2.45) is 7.05 Å². The van der Waals surface area contributed by atoms with Crippen LogP contribution in [0.4, 0.5) is 0 Å². The zero-order valence-corrected chi connectivity index (χ0v) is 13.9. The van der Waals surface area contributed by atoms with Gasteiger partial charge < -0.3 is 10.2 Å². The molecular weight excluding hydrogens is 336 g/mol. The van der Waals surface area contributed by atoms with E-state index < -0.39 is 5.54 Å². The molecule has 6 nitrogen and oxygen atoms in total. The number of aryl methyl sites for hydroxylation is 2. The summed E-state index contributed by atoms with van der Waals surface area (Å²) in [5, 5.41) is 7.12. The van der Waals surface area contributed by atoms with Gasteiger partial charge in [-0.1, -0.05) is 12.8 Å². The molecule has 1 aromatic rings. The van der Waals surface area contributed by atoms with Gasteiger partial charge in [-0.25, -0.2) is 0 Å². The van der Waals surface area contributed by atoms with E-state index in [2.05, 4.69) is 26.3 Å². The number of nitrogens with zero attached hydrogens (tertiary/aromatic N) is 3. The Balaban J connectivity index is 1.97. The molecular formula is C14H19BrN4O2. The highest BCUT2D eigenvalue weighted by Gasteiger charge is 2.51. The normalized spacial score (nSPS) is 21.2. The van der Waals surface area contributed by atoms with Gasteiger partial charge in [0, 0.05) is 7.05 Å². The van der Waals surface area contributed by atoms with Crippen LogP contribution in [0.5, 0.6) is 0 Å². The van der Waals surface area contributed by atoms with Crippen LogP contribution in [0.25, 0.3) is 0 Å². The number of nitrogens with one attached hydrogen (secondary N) is 1. The van der Waals surface area contributed by atoms with E-state index in [0.717, 1.165) is 41.5 Å². The van der Waals surface area contributed by atoms with Crippen molar-refractivity contribution in [2.45, 2.75) is 44.7 Å². The fourth-order valence-electron chi connectivity index (χ4n) is 3.48. The molecule has 114 valence electrons. The number of hydrogen-bond donors (Lipinski definition) is 1. The van der Waals surface area contributed by atoms with Gasteiger partial charge in [-0.15, -0.1) is 0 Å². The average molecular weight is 355 g/mol. The second-order valence-electron chi connectivity index (χ2n) is 5.87. The van der Waals surface area contributed by atoms with Gasteiger partial charge >= 0.3 is 0 Å². The van der Waals surface area contributed by atoms with E-state index in [1.807, 2.05) is 14.0 Å². The average Bonchev–Trinajstić information content (AvgIpc) is 3.01. The van der Waals surface area contributed by atoms with E-state index in [0.29, 0.717) is 6.54 Å². The quantitative estimate of drug-likeness (QED) is 0.869. The van der Waals surface area contributed by atoms with Crippen molar-refractivity contribution in [1.82, 2.24) is 20.0 Å². The Morgan fingerprint density at radius 2 is 2.00 bits per heavy atom. The Bertz CT molecular complexity index is 604. The zero-order chi connectivity index (χ0) is 15.2. The summed E-state index contributed by atoms with van der Waals surface area (Å²) in [6, 6.07) is 0. The molecule has 0 bridgehead atoms. The Kier molecular flexibility index (Phi) is 3.55. The summed E-state index contributed by atoms with van der Waals surface area (Å²) in [6.45, 7) is 2.43. The Labute approximate surface area is 132 Å². The predicted octanol–water partition coefficient (Wildman–Crippen LogP) is 1.26. The van der Waals surface area contributed by atoms with Crippen LogP contribution in [0, 0.1) is 6.92 Å². The monoisotopic (exact) mass is 354 g/mol. The largest absolute Gasteiger partial charge is 0.345 e. The Morgan fingerprint density at radius 1 is 1.33 bits per heavy atom. The van der Waals surface area contributed by atoms with Crippen molar-refractivity contribution in [1.29, 1.82) is 0 Å². The van der Waals surface area contributed by atoms with Crippen molar-refractivity contribution in [3.63, 3.8) is 0 Å². The minimum atomic E-state index is -0.660. The topological polar surface area (TPSA) is 67.2 Å². The first-order chi connectivity index (χ1) is 9.95. The SMILES string of the molecule is Cc1nn(C)c(CN2C(=O)CNC(=O)C23CCCC3)c1Br. The first-order valence-electron chi connectivity index (χ1n) is 7.22. The summed E-state index contributed by atoms with van der Waals surface area (Å²) in [5.41, 5.74) is 1.16. The molecule has 2 amide bonds. The summed E-state index contributed by atoms with van der Waals surface area (Å²) in [7, 11) is 1.86. The number of carbonyl (C=O) groups is 2. The molecule has 3 rings (SSSR count). The smallest absolute Gasteiger partial charge is 0.246 e. The molecule has 1 saturated carbocycles. The highest BCUT2D eigenvalue weighted by molar-refractivity contribution is 9.10. The van der Waals surface area contributed by atoms with Gasteiger partial charge in [-0.2, -0.15) is 5.10 Å². The maximum absolute atomic E-state index is 12.4. The van der Waals surface area contributed by atoms with Crippen LogP contribution in [0.1, 0.15) is 37.1 Å². The van der Waals surface area contributed by atoms with Crippen LogP contribution in [-0.2, 0) is 23.2 Å². The molecule has 21 heavy (non-hydrogen) atoms. The van der Waals surface area contributed by atoms with Crippen molar-refractivity contribution in [2.75, 3.05) is 6.54 Å². The molecule has 1 aliphatic carbocycles. The number of carbonyl (C=O) groups excluding carboxylic acids is 2. The van der Waals surface area contributed by atoms with Crippen molar-refractivity contribution < 1.29 is 9.59 Å². The lowest BCUT2D eigenvalue weighted by Crippen LogP contribution is -2.65. The molecule has 0 atom stereocenters. The Morgan fingerprint density at radius 3 is 2.57 bits per heavy atom. The lowest BCUT2D eigenvalue weighted by Gasteiger charge is -2.43. The van der Waals surface area contributed by atoms with Crippen LogP contribution in [0.2, 0.25) is 0 Å². The molecule has 0 radical (unpaired) electrons. The standard InChI is InChI=1S/C14H19BrN4O2/c1-9-12(15)10(18(2)17-9)8-19-11(20)7-16-13(21)14(19)5-3-4-6-14/h3-8H2,1-2H3,(H,16,21). The van der Waals surface area contributed by atoms with E-state index in [-0.39, 0.29) is 18.4 Å². The lowest BCUT2D eigenvalue weighted by atomic mass is 9.91. The number of aromatic nitrogens is 2. The highest BCUT2D eigenvalue weighted by Crippen LogP contribution is 2.38. The maximum atomic E-state index is 12.4. The minimum absolute atomic E-state index is 0.00499. The molecule has 2 heterocycles. The molecule has 0 unspecified atom stereocenters. The molecule has 7 heteroatoms. The third kappa shape index (κ3) is 2.18. The van der Waals surface area contributed by atoms with Gasteiger partial charge in [0.15, 0.2) is 0 Å². The van der Waals surface area contributed by atoms with Gasteiger partial charge in [-0.3, -0.25) is 14.3 Å². The number of amides is 2. The fourth-order valence-corrected chi connectivity index (χ4v) is 3.94. The molecule has 1 N–H and O–H groups in total. The van der Waals surface area contributed by atoms with Crippen LogP contribution in [-0.4, -0.2) is 38.6 Å². The van der Waals surface area contributed by atoms with Crippen LogP contribution in [0.15, 0.2) is 4.47 Å². The number of hydrogen-bond acceptors (Lipinski definition) is 3. The van der Waals surface area contributed by atoms with Crippen LogP contribution < -0.4 is 5.32 Å². The fraction of sp³-hybridized carbons (Fsp3) is 0.643. The van der Waals surface area contributed by atoms with E-state index in [4.69, 9.17) is 0 Å². The van der Waals surface area contributed by atoms with E-state index in [9.17, 15) is 9.59 Å². The van der Waals surface area contributed by atoms with Gasteiger partial charge in [0.05, 0.1) is 29.0 Å². The van der Waals surface area contributed by atoms with Crippen molar-refractivity contribution in [3.05, 3.63) is 15.9 Å². The van der Waals surface area contributed by atoms with Gasteiger partial charge in [0.25, 0.3) is 0 Å². The summed E-state index contributed by atoms with van der Waals surface area (Å²) in [6.07, 6.45) is 3.48. The zero-order valence-electron chi connectivity index (χ0n) is 12.3. The summed E-state index contributed by atoms with van der Waals surface area (Å²) >= 11 is 3.54. The van der Waals surface area contributed by atoms with Crippen LogP contribution >= 0.6 is 15.9 Å². The second-order valence-corrected chi connectivity index (χ2v) is 6.66. The summed E-state index contributed by atoms with van der Waals surface area (Å²) < 4.78 is 2.69. The predicted molar refractivity (Wildman–Crippen MR) is 80.4 cm³/mol. The molecule has 2 fully saturated rings. The first kappa shape index (κ1) is 14.6. The molecule has 1 aromatic heterocycles. The van der Waals surface area contributed by atoms with E-state index in [1.54, 1.807) is 9.58 Å². The van der Waals surface area contributed by atoms with Gasteiger partial charge in [0.2, 0.25) is 11.8 Å². The molecule has 2 aliphatic rings. The number of piperazine rings is 1. The van der Waals surface area contributed by atoms with E-state index >= 15 is 0 Å². The molecule has 1 spiro atoms. The second kappa shape index (κ2) is 5.12. The maximum Gasteiger partial charge on any atom is 0.246 e. The first-order valence-corrected chi connectivity index (χ1v) is 8.02. The molecule has 0 aromatic carbocycles. The van der Waals surface area contributed by atoms with Gasteiger partial charge in [-0.05, 0) is 35.7 Å². The van der Waals surface area contributed by atoms with Crippen molar-refractivity contribution in [3.8, 4) is 0 Å². The minimum Gasteiger partial charge on any atom is -0.345 e. The van der Waals surface area contributed by atoms with E-state index in [1.165, 1.54) is 0 Å². The highest BCUT2D eigenvalue weighted by atomic mass is 79.9.